The second kappa shape index (κ2) is 5.33. The minimum atomic E-state index is -0.518. The summed E-state index contributed by atoms with van der Waals surface area (Å²) in [6, 6.07) is 6.59. The van der Waals surface area contributed by atoms with E-state index in [4.69, 9.17) is 0 Å². The van der Waals surface area contributed by atoms with Gasteiger partial charge < -0.3 is 15.4 Å². The SMILES string of the molecule is CC(O)c1ccc(NC(=O)Nc2ncc[nH]2)cc1. The Morgan fingerprint density at radius 2 is 2.06 bits per heavy atom. The van der Waals surface area contributed by atoms with Crippen LogP contribution in [0.25, 0.3) is 0 Å². The Labute approximate surface area is 104 Å². The van der Waals surface area contributed by atoms with Gasteiger partial charge >= 0.3 is 6.03 Å². The number of H-pyrrole nitrogens is 1. The fourth-order valence-corrected chi connectivity index (χ4v) is 1.45. The number of aromatic amines is 1. The zero-order valence-corrected chi connectivity index (χ0v) is 9.84. The average Bonchev–Trinajstić information content (AvgIpc) is 2.82. The van der Waals surface area contributed by atoms with E-state index in [1.165, 1.54) is 0 Å². The summed E-state index contributed by atoms with van der Waals surface area (Å²) in [5, 5.41) is 14.6. The molecule has 0 spiro atoms. The van der Waals surface area contributed by atoms with E-state index < -0.39 is 6.10 Å². The maximum Gasteiger partial charge on any atom is 0.326 e. The third-order valence-corrected chi connectivity index (χ3v) is 2.38. The number of aliphatic hydroxyl groups excluding tert-OH is 1. The molecule has 4 N–H and O–H groups in total. The quantitative estimate of drug-likeness (QED) is 0.668. The van der Waals surface area contributed by atoms with E-state index in [2.05, 4.69) is 20.6 Å². The fourth-order valence-electron chi connectivity index (χ4n) is 1.45. The largest absolute Gasteiger partial charge is 0.389 e. The van der Waals surface area contributed by atoms with Gasteiger partial charge in [0.2, 0.25) is 5.95 Å². The molecule has 6 heteroatoms. The molecule has 0 saturated carbocycles. The number of amides is 2. The predicted molar refractivity (Wildman–Crippen MR) is 68.3 cm³/mol. The summed E-state index contributed by atoms with van der Waals surface area (Å²) in [4.78, 5) is 18.2. The standard InChI is InChI=1S/C12H14N4O2/c1-8(17)9-2-4-10(5-3-9)15-12(18)16-11-13-6-7-14-11/h2-8,17H,1H3,(H3,13,14,15,16,18). The third-order valence-electron chi connectivity index (χ3n) is 2.38. The van der Waals surface area contributed by atoms with Crippen LogP contribution in [0.3, 0.4) is 0 Å². The molecule has 0 aliphatic heterocycles. The van der Waals surface area contributed by atoms with Crippen molar-refractivity contribution in [2.45, 2.75) is 13.0 Å². The maximum absolute atomic E-state index is 11.6. The van der Waals surface area contributed by atoms with Gasteiger partial charge in [0.25, 0.3) is 0 Å². The van der Waals surface area contributed by atoms with Crippen LogP contribution in [0.4, 0.5) is 16.4 Å². The molecule has 1 heterocycles. The number of carbonyl (C=O) groups is 1. The van der Waals surface area contributed by atoms with Crippen LogP contribution >= 0.6 is 0 Å². The lowest BCUT2D eigenvalue weighted by atomic mass is 10.1. The molecule has 2 rings (SSSR count). The van der Waals surface area contributed by atoms with Crippen molar-refractivity contribution in [2.75, 3.05) is 10.6 Å². The molecular weight excluding hydrogens is 232 g/mol. The number of carbonyl (C=O) groups excluding carboxylic acids is 1. The number of hydrogen-bond donors (Lipinski definition) is 4. The van der Waals surface area contributed by atoms with Gasteiger partial charge in [-0.05, 0) is 24.6 Å². The fraction of sp³-hybridized carbons (Fsp3) is 0.167. The van der Waals surface area contributed by atoms with Crippen molar-refractivity contribution >= 4 is 17.7 Å². The number of anilines is 2. The number of rotatable bonds is 3. The number of aliphatic hydroxyl groups is 1. The Morgan fingerprint density at radius 1 is 1.33 bits per heavy atom. The van der Waals surface area contributed by atoms with Crippen molar-refractivity contribution in [3.63, 3.8) is 0 Å². The van der Waals surface area contributed by atoms with Crippen molar-refractivity contribution in [3.8, 4) is 0 Å². The van der Waals surface area contributed by atoms with Crippen LogP contribution in [-0.2, 0) is 0 Å². The molecule has 1 aromatic carbocycles. The van der Waals surface area contributed by atoms with Crippen molar-refractivity contribution in [1.29, 1.82) is 0 Å². The number of aromatic nitrogens is 2. The van der Waals surface area contributed by atoms with Gasteiger partial charge in [-0.25, -0.2) is 9.78 Å². The minimum Gasteiger partial charge on any atom is -0.389 e. The Kier molecular flexibility index (Phi) is 3.59. The van der Waals surface area contributed by atoms with Crippen molar-refractivity contribution in [3.05, 3.63) is 42.2 Å². The van der Waals surface area contributed by atoms with Gasteiger partial charge in [0.15, 0.2) is 0 Å². The van der Waals surface area contributed by atoms with Gasteiger partial charge in [-0.2, -0.15) is 0 Å². The molecule has 1 atom stereocenters. The lowest BCUT2D eigenvalue weighted by molar-refractivity contribution is 0.199. The van der Waals surface area contributed by atoms with E-state index in [9.17, 15) is 9.90 Å². The minimum absolute atomic E-state index is 0.380. The maximum atomic E-state index is 11.6. The number of benzene rings is 1. The summed E-state index contributed by atoms with van der Waals surface area (Å²) in [6.07, 6.45) is 2.65. The van der Waals surface area contributed by atoms with Crippen LogP contribution in [-0.4, -0.2) is 21.1 Å². The van der Waals surface area contributed by atoms with Gasteiger partial charge in [-0.15, -0.1) is 0 Å². The number of nitrogens with zero attached hydrogens (tertiary/aromatic N) is 1. The molecule has 0 radical (unpaired) electrons. The highest BCUT2D eigenvalue weighted by Crippen LogP contribution is 2.15. The van der Waals surface area contributed by atoms with E-state index in [1.807, 2.05) is 0 Å². The Hall–Kier alpha value is -2.34. The van der Waals surface area contributed by atoms with E-state index in [1.54, 1.807) is 43.6 Å². The van der Waals surface area contributed by atoms with E-state index in [-0.39, 0.29) is 6.03 Å². The lowest BCUT2D eigenvalue weighted by Crippen LogP contribution is -2.20. The van der Waals surface area contributed by atoms with Gasteiger partial charge in [0.05, 0.1) is 6.10 Å². The first-order valence-electron chi connectivity index (χ1n) is 5.50. The summed E-state index contributed by atoms with van der Waals surface area (Å²) in [5.74, 6) is 0.383. The summed E-state index contributed by atoms with van der Waals surface area (Å²) in [7, 11) is 0. The number of imidazole rings is 1. The van der Waals surface area contributed by atoms with Crippen molar-refractivity contribution in [1.82, 2.24) is 9.97 Å². The van der Waals surface area contributed by atoms with Crippen molar-refractivity contribution in [2.24, 2.45) is 0 Å². The zero-order valence-electron chi connectivity index (χ0n) is 9.84. The highest BCUT2D eigenvalue weighted by atomic mass is 16.3. The first-order chi connectivity index (χ1) is 8.65. The average molecular weight is 246 g/mol. The molecule has 18 heavy (non-hydrogen) atoms. The first-order valence-corrected chi connectivity index (χ1v) is 5.50. The second-order valence-electron chi connectivity index (χ2n) is 3.81. The smallest absolute Gasteiger partial charge is 0.326 e. The van der Waals surface area contributed by atoms with Crippen LogP contribution in [0, 0.1) is 0 Å². The van der Waals surface area contributed by atoms with Crippen LogP contribution < -0.4 is 10.6 Å². The Bertz CT molecular complexity index is 505. The van der Waals surface area contributed by atoms with Crippen LogP contribution in [0.5, 0.6) is 0 Å². The summed E-state index contributed by atoms with van der Waals surface area (Å²) < 4.78 is 0. The summed E-state index contributed by atoms with van der Waals surface area (Å²) >= 11 is 0. The van der Waals surface area contributed by atoms with Crippen molar-refractivity contribution < 1.29 is 9.90 Å². The highest BCUT2D eigenvalue weighted by Gasteiger charge is 2.05. The molecule has 0 saturated heterocycles. The summed E-state index contributed by atoms with van der Waals surface area (Å²) in [5.41, 5.74) is 1.44. The molecule has 0 fully saturated rings. The van der Waals surface area contributed by atoms with E-state index in [0.717, 1.165) is 5.56 Å². The van der Waals surface area contributed by atoms with Crippen LogP contribution in [0.2, 0.25) is 0 Å². The van der Waals surface area contributed by atoms with Crippen LogP contribution in [0.15, 0.2) is 36.7 Å². The van der Waals surface area contributed by atoms with E-state index in [0.29, 0.717) is 11.6 Å². The van der Waals surface area contributed by atoms with Crippen LogP contribution in [0.1, 0.15) is 18.6 Å². The molecule has 1 aromatic heterocycles. The molecule has 2 aromatic rings. The molecule has 0 aliphatic rings. The number of urea groups is 1. The number of hydrogen-bond acceptors (Lipinski definition) is 3. The molecule has 0 aliphatic carbocycles. The molecular formula is C12H14N4O2. The third kappa shape index (κ3) is 3.08. The molecule has 6 nitrogen and oxygen atoms in total. The topological polar surface area (TPSA) is 90.0 Å². The Morgan fingerprint density at radius 3 is 2.61 bits per heavy atom. The van der Waals surface area contributed by atoms with Gasteiger partial charge in [0, 0.05) is 18.1 Å². The molecule has 2 amide bonds. The van der Waals surface area contributed by atoms with E-state index >= 15 is 0 Å². The molecule has 0 bridgehead atoms. The van der Waals surface area contributed by atoms with Gasteiger partial charge in [-0.3, -0.25) is 5.32 Å². The second-order valence-corrected chi connectivity index (χ2v) is 3.81. The monoisotopic (exact) mass is 246 g/mol. The zero-order chi connectivity index (χ0) is 13.0. The Balaban J connectivity index is 1.95. The summed E-state index contributed by atoms with van der Waals surface area (Å²) in [6.45, 7) is 1.69. The normalized spacial score (nSPS) is 11.9. The number of nitrogens with one attached hydrogen (secondary N) is 3. The first kappa shape index (κ1) is 12.1. The molecule has 1 unspecified atom stereocenters. The molecule has 94 valence electrons. The lowest BCUT2D eigenvalue weighted by Gasteiger charge is -2.08. The predicted octanol–water partition coefficient (Wildman–Crippen LogP) is 2.11. The van der Waals surface area contributed by atoms with Gasteiger partial charge in [-0.1, -0.05) is 12.1 Å². The van der Waals surface area contributed by atoms with Gasteiger partial charge in [0.1, 0.15) is 0 Å². The highest BCUT2D eigenvalue weighted by molar-refractivity contribution is 5.98.